The fraction of sp³-hybridized carbons (Fsp3) is 0.950. The number of carbonyl (C=O) groups excluding carboxylic acids is 1. The second-order valence-corrected chi connectivity index (χ2v) is 22.2. The van der Waals surface area contributed by atoms with Gasteiger partial charge in [-0.05, 0) is 19.3 Å². The largest absolute Gasteiger partial charge is 0.394 e. The molecular weight excluding hydrogens is 943 g/mol. The predicted octanol–water partition coefficient (Wildman–Crippen LogP) is 10.7. The van der Waals surface area contributed by atoms with Crippen molar-refractivity contribution >= 4 is 5.91 Å². The zero-order chi connectivity index (χ0) is 53.9. The number of hydrogen-bond donors (Lipinski definition) is 9. The molecule has 0 aromatic rings. The van der Waals surface area contributed by atoms with Gasteiger partial charge in [-0.1, -0.05) is 257 Å². The minimum Gasteiger partial charge on any atom is -0.394 e. The van der Waals surface area contributed by atoms with E-state index >= 15 is 0 Å². The van der Waals surface area contributed by atoms with Crippen LogP contribution in [0, 0.1) is 0 Å². The molecule has 12 atom stereocenters. The molecule has 2 aliphatic heterocycles. The first-order chi connectivity index (χ1) is 36.1. The Kier molecular flexibility index (Phi) is 43.4. The zero-order valence-electron chi connectivity index (χ0n) is 47.1. The number of aliphatic hydroxyl groups is 8. The van der Waals surface area contributed by atoms with E-state index in [2.05, 4.69) is 19.2 Å². The van der Waals surface area contributed by atoms with Gasteiger partial charge in [0.25, 0.3) is 0 Å². The van der Waals surface area contributed by atoms with E-state index in [0.29, 0.717) is 6.42 Å². The van der Waals surface area contributed by atoms with Crippen LogP contribution < -0.4 is 5.32 Å². The third-order valence-electron chi connectivity index (χ3n) is 15.5. The Hall–Kier alpha value is -1.27. The smallest absolute Gasteiger partial charge is 0.220 e. The number of allylic oxidation sites excluding steroid dienone is 1. The van der Waals surface area contributed by atoms with Gasteiger partial charge in [-0.15, -0.1) is 0 Å². The van der Waals surface area contributed by atoms with Gasteiger partial charge in [0.05, 0.1) is 32.0 Å². The van der Waals surface area contributed by atoms with Crippen molar-refractivity contribution in [3.63, 3.8) is 0 Å². The lowest BCUT2D eigenvalue weighted by Gasteiger charge is -2.46. The first-order valence-electron chi connectivity index (χ1n) is 30.9. The summed E-state index contributed by atoms with van der Waals surface area (Å²) in [6.45, 7) is 2.83. The molecule has 2 saturated heterocycles. The molecule has 0 saturated carbocycles. The minimum absolute atomic E-state index is 0.234. The van der Waals surface area contributed by atoms with Crippen LogP contribution in [0.4, 0.5) is 0 Å². The van der Waals surface area contributed by atoms with Crippen LogP contribution in [-0.4, -0.2) is 140 Å². The molecule has 1 amide bonds. The van der Waals surface area contributed by atoms with E-state index in [-0.39, 0.29) is 18.9 Å². The van der Waals surface area contributed by atoms with Gasteiger partial charge in [-0.25, -0.2) is 0 Å². The van der Waals surface area contributed by atoms with E-state index in [1.54, 1.807) is 6.08 Å². The van der Waals surface area contributed by atoms with E-state index in [4.69, 9.17) is 18.9 Å². The maximum absolute atomic E-state index is 13.2. The standard InChI is InChI=1S/C60H115NO13/c1-3-5-7-9-11-13-15-17-19-20-21-22-23-24-25-26-27-28-30-31-33-35-37-39-41-43-49(64)48(61-52(65)44-42-40-38-36-34-32-29-18-16-14-12-10-8-6-4-2)47-71-59-57(70)55(68)58(51(46-63)73-59)74-60-56(69)54(67)53(66)50(45-62)72-60/h41,43,48-51,53-60,62-64,66-70H,3-40,42,44-47H2,1-2H3,(H,61,65)/b43-41+. The highest BCUT2D eigenvalue weighted by Crippen LogP contribution is 2.30. The molecule has 0 aromatic carbocycles. The summed E-state index contributed by atoms with van der Waals surface area (Å²) in [7, 11) is 0. The van der Waals surface area contributed by atoms with Crippen molar-refractivity contribution in [1.82, 2.24) is 5.32 Å². The SMILES string of the molecule is CCCCCCCCCCCCCCCCCCCCCCCCC/C=C/C(O)C(COC1OC(CO)C(OC2OC(CO)C(O)C(O)C2O)C(O)C1O)NC(=O)CCCCCCCCCCCCCCCCC. The molecule has 0 radical (unpaired) electrons. The molecule has 2 rings (SSSR count). The molecule has 14 heteroatoms. The van der Waals surface area contributed by atoms with Gasteiger partial charge < -0.3 is 65.1 Å². The summed E-state index contributed by atoms with van der Waals surface area (Å²) in [6, 6.07) is -0.909. The highest BCUT2D eigenvalue weighted by molar-refractivity contribution is 5.76. The van der Waals surface area contributed by atoms with E-state index < -0.39 is 86.8 Å². The van der Waals surface area contributed by atoms with Crippen LogP contribution in [0.15, 0.2) is 12.2 Å². The quantitative estimate of drug-likeness (QED) is 0.0204. The number of carbonyl (C=O) groups is 1. The van der Waals surface area contributed by atoms with Crippen molar-refractivity contribution in [1.29, 1.82) is 0 Å². The number of hydrogen-bond acceptors (Lipinski definition) is 13. The van der Waals surface area contributed by atoms with Crippen molar-refractivity contribution in [3.05, 3.63) is 12.2 Å². The molecule has 9 N–H and O–H groups in total. The van der Waals surface area contributed by atoms with Gasteiger partial charge in [0.15, 0.2) is 12.6 Å². The van der Waals surface area contributed by atoms with Gasteiger partial charge in [-0.2, -0.15) is 0 Å². The first kappa shape index (κ1) is 68.8. The normalized spacial score (nSPS) is 25.2. The summed E-state index contributed by atoms with van der Waals surface area (Å²) in [5.74, 6) is -0.234. The predicted molar refractivity (Wildman–Crippen MR) is 295 cm³/mol. The molecule has 438 valence electrons. The molecule has 2 fully saturated rings. The van der Waals surface area contributed by atoms with E-state index in [1.807, 2.05) is 6.08 Å². The van der Waals surface area contributed by atoms with Gasteiger partial charge in [0.2, 0.25) is 5.91 Å². The highest BCUT2D eigenvalue weighted by Gasteiger charge is 2.51. The lowest BCUT2D eigenvalue weighted by atomic mass is 9.97. The van der Waals surface area contributed by atoms with Crippen LogP contribution >= 0.6 is 0 Å². The maximum atomic E-state index is 13.2. The Bertz CT molecular complexity index is 1290. The summed E-state index contributed by atoms with van der Waals surface area (Å²) in [6.07, 6.45) is 36.8. The molecule has 14 nitrogen and oxygen atoms in total. The Balaban J connectivity index is 1.73. The third-order valence-corrected chi connectivity index (χ3v) is 15.5. The van der Waals surface area contributed by atoms with Gasteiger partial charge in [-0.3, -0.25) is 4.79 Å². The number of rotatable bonds is 50. The van der Waals surface area contributed by atoms with E-state index in [9.17, 15) is 45.6 Å². The van der Waals surface area contributed by atoms with Crippen LogP contribution in [0.25, 0.3) is 0 Å². The van der Waals surface area contributed by atoms with E-state index in [1.165, 1.54) is 205 Å². The monoisotopic (exact) mass is 1060 g/mol. The van der Waals surface area contributed by atoms with Crippen molar-refractivity contribution in [3.8, 4) is 0 Å². The van der Waals surface area contributed by atoms with Crippen LogP contribution in [0.3, 0.4) is 0 Å². The molecule has 2 aliphatic rings. The zero-order valence-corrected chi connectivity index (χ0v) is 47.1. The average molecular weight is 1060 g/mol. The van der Waals surface area contributed by atoms with E-state index in [0.717, 1.165) is 38.5 Å². The van der Waals surface area contributed by atoms with Crippen LogP contribution in [-0.2, 0) is 23.7 Å². The molecule has 2 heterocycles. The Morgan fingerprint density at radius 1 is 0.473 bits per heavy atom. The van der Waals surface area contributed by atoms with Gasteiger partial charge >= 0.3 is 0 Å². The minimum atomic E-state index is -1.79. The van der Waals surface area contributed by atoms with Crippen LogP contribution in [0.1, 0.15) is 271 Å². The lowest BCUT2D eigenvalue weighted by Crippen LogP contribution is -2.65. The number of unbranched alkanes of at least 4 members (excludes halogenated alkanes) is 37. The highest BCUT2D eigenvalue weighted by atomic mass is 16.7. The Morgan fingerprint density at radius 3 is 1.24 bits per heavy atom. The first-order valence-corrected chi connectivity index (χ1v) is 30.9. The average Bonchev–Trinajstić information content (AvgIpc) is 3.40. The number of aliphatic hydroxyl groups excluding tert-OH is 8. The molecule has 0 spiro atoms. The molecular formula is C60H115NO13. The molecule has 0 bridgehead atoms. The summed E-state index contributed by atoms with van der Waals surface area (Å²) < 4.78 is 22.8. The third kappa shape index (κ3) is 32.0. The maximum Gasteiger partial charge on any atom is 0.220 e. The number of amides is 1. The van der Waals surface area contributed by atoms with Crippen molar-refractivity contribution in [2.45, 2.75) is 344 Å². The molecule has 0 aliphatic carbocycles. The van der Waals surface area contributed by atoms with Crippen molar-refractivity contribution in [2.24, 2.45) is 0 Å². The Labute approximate surface area is 450 Å². The second kappa shape index (κ2) is 46.6. The fourth-order valence-corrected chi connectivity index (χ4v) is 10.5. The Morgan fingerprint density at radius 2 is 0.838 bits per heavy atom. The summed E-state index contributed by atoms with van der Waals surface area (Å²) >= 11 is 0. The summed E-state index contributed by atoms with van der Waals surface area (Å²) in [5.41, 5.74) is 0. The number of nitrogens with one attached hydrogen (secondary N) is 1. The van der Waals surface area contributed by atoms with Crippen molar-refractivity contribution < 1.29 is 64.6 Å². The van der Waals surface area contributed by atoms with Gasteiger partial charge in [0.1, 0.15) is 48.8 Å². The summed E-state index contributed by atoms with van der Waals surface area (Å²) in [5, 5.41) is 87.1. The van der Waals surface area contributed by atoms with Crippen LogP contribution in [0.5, 0.6) is 0 Å². The summed E-state index contributed by atoms with van der Waals surface area (Å²) in [4.78, 5) is 13.2. The van der Waals surface area contributed by atoms with Gasteiger partial charge in [0, 0.05) is 6.42 Å². The lowest BCUT2D eigenvalue weighted by molar-refractivity contribution is -0.359. The fourth-order valence-electron chi connectivity index (χ4n) is 10.5. The van der Waals surface area contributed by atoms with Crippen LogP contribution in [0.2, 0.25) is 0 Å². The number of ether oxygens (including phenoxy) is 4. The molecule has 0 aromatic heterocycles. The topological polar surface area (TPSA) is 228 Å². The molecule has 74 heavy (non-hydrogen) atoms. The molecule has 12 unspecified atom stereocenters. The second-order valence-electron chi connectivity index (χ2n) is 22.2. The van der Waals surface area contributed by atoms with Crippen molar-refractivity contribution in [2.75, 3.05) is 19.8 Å².